The highest BCUT2D eigenvalue weighted by atomic mass is 32.1. The van der Waals surface area contributed by atoms with E-state index in [9.17, 15) is 11.8 Å². The molecule has 15 aromatic rings. The lowest BCUT2D eigenvalue weighted by molar-refractivity contribution is 0.669. The number of rotatable bonds is 4. The summed E-state index contributed by atoms with van der Waals surface area (Å²) in [7, 11) is 0. The summed E-state index contributed by atoms with van der Waals surface area (Å²) in [5.74, 6) is 0. The summed E-state index contributed by atoms with van der Waals surface area (Å²) in [6, 6.07) is 70.8. The number of furan rings is 1. The van der Waals surface area contributed by atoms with E-state index in [1.165, 1.54) is 20.9 Å². The normalized spacial score (nSPS) is 12.1. The summed E-state index contributed by atoms with van der Waals surface area (Å²) >= 11 is 1.78. The van der Waals surface area contributed by atoms with Crippen LogP contribution in [0.2, 0.25) is 0 Å². The summed E-state index contributed by atoms with van der Waals surface area (Å²) < 4.78 is 13.6. The van der Waals surface area contributed by atoms with Gasteiger partial charge in [-0.15, -0.1) is 11.3 Å². The molecule has 0 fully saturated rings. The van der Waals surface area contributed by atoms with Gasteiger partial charge >= 0.3 is 0 Å². The zero-order valence-corrected chi connectivity index (χ0v) is 36.9. The number of hydrogen-bond donors (Lipinski definition) is 0. The number of thiophene rings is 1. The van der Waals surface area contributed by atoms with Crippen LogP contribution in [0, 0.1) is 17.9 Å². The molecule has 4 heterocycles. The number of benzene rings is 11. The fourth-order valence-electron chi connectivity index (χ4n) is 11.6. The van der Waals surface area contributed by atoms with Gasteiger partial charge in [0.05, 0.1) is 50.3 Å². The predicted molar refractivity (Wildman–Crippen MR) is 283 cm³/mol. The van der Waals surface area contributed by atoms with Crippen LogP contribution in [0.4, 0.5) is 5.69 Å². The first-order valence-corrected chi connectivity index (χ1v) is 23.5. The van der Waals surface area contributed by atoms with Crippen molar-refractivity contribution in [2.75, 3.05) is 0 Å². The zero-order chi connectivity index (χ0) is 44.8. The summed E-state index contributed by atoms with van der Waals surface area (Å²) in [4.78, 5) is 4.56. The van der Waals surface area contributed by atoms with Gasteiger partial charge in [-0.25, -0.2) is 4.85 Å². The molecule has 4 aromatic heterocycles. The fourth-order valence-corrected chi connectivity index (χ4v) is 12.9. The third-order valence-electron chi connectivity index (χ3n) is 14.3. The van der Waals surface area contributed by atoms with Crippen LogP contribution in [0.5, 0.6) is 0 Å². The average Bonchev–Trinajstić information content (AvgIpc) is 4.15. The number of nitriles is 1. The van der Waals surface area contributed by atoms with E-state index in [2.05, 4.69) is 166 Å². The van der Waals surface area contributed by atoms with Crippen LogP contribution < -0.4 is 0 Å². The average molecular weight is 881 g/mol. The molecule has 68 heavy (non-hydrogen) atoms. The van der Waals surface area contributed by atoms with E-state index in [1.807, 2.05) is 48.5 Å². The fraction of sp³-hybridized carbons (Fsp3) is 0. The third-order valence-corrected chi connectivity index (χ3v) is 15.5. The summed E-state index contributed by atoms with van der Waals surface area (Å²) in [5.41, 5.74) is 10.9. The van der Waals surface area contributed by atoms with Crippen LogP contribution in [0.1, 0.15) is 5.56 Å². The van der Waals surface area contributed by atoms with Crippen molar-refractivity contribution >= 4 is 124 Å². The Morgan fingerprint density at radius 2 is 1.04 bits per heavy atom. The highest BCUT2D eigenvalue weighted by Gasteiger charge is 2.33. The second-order valence-corrected chi connectivity index (χ2v) is 18.7. The molecule has 312 valence electrons. The first-order chi connectivity index (χ1) is 33.7. The second kappa shape index (κ2) is 13.7. The smallest absolute Gasteiger partial charge is 0.220 e. The highest BCUT2D eigenvalue weighted by molar-refractivity contribution is 7.26. The van der Waals surface area contributed by atoms with Crippen molar-refractivity contribution in [3.8, 4) is 39.7 Å². The van der Waals surface area contributed by atoms with Crippen molar-refractivity contribution in [1.82, 2.24) is 9.13 Å². The van der Waals surface area contributed by atoms with Gasteiger partial charge < -0.3 is 13.6 Å². The lowest BCUT2D eigenvalue weighted by atomic mass is 9.88. The quantitative estimate of drug-likeness (QED) is 0.131. The van der Waals surface area contributed by atoms with Crippen molar-refractivity contribution in [1.29, 1.82) is 5.26 Å². The molecule has 0 aliphatic heterocycles. The van der Waals surface area contributed by atoms with Crippen molar-refractivity contribution in [2.24, 2.45) is 0 Å². The molecule has 0 atom stereocenters. The molecule has 0 unspecified atom stereocenters. The number of aromatic nitrogens is 2. The van der Waals surface area contributed by atoms with Gasteiger partial charge in [-0.2, -0.15) is 5.26 Å². The largest absolute Gasteiger partial charge is 0.456 e. The zero-order valence-electron chi connectivity index (χ0n) is 36.1. The number of hydrogen-bond acceptors (Lipinski definition) is 3. The Kier molecular flexibility index (Phi) is 7.45. The minimum atomic E-state index is 0.415. The maximum absolute atomic E-state index is 12.1. The molecule has 0 bridgehead atoms. The number of para-hydroxylation sites is 1. The molecular weight excluding hydrogens is 849 g/mol. The Morgan fingerprint density at radius 3 is 1.72 bits per heavy atom. The van der Waals surface area contributed by atoms with Gasteiger partial charge in [0.1, 0.15) is 17.2 Å². The lowest BCUT2D eigenvalue weighted by Crippen LogP contribution is -2.08. The maximum atomic E-state index is 12.1. The van der Waals surface area contributed by atoms with Crippen LogP contribution >= 0.6 is 11.3 Å². The molecule has 0 aliphatic rings. The molecule has 0 radical (unpaired) electrons. The Hall–Kier alpha value is -9.20. The molecule has 0 N–H and O–H groups in total. The van der Waals surface area contributed by atoms with E-state index < -0.39 is 0 Å². The van der Waals surface area contributed by atoms with Crippen molar-refractivity contribution < 1.29 is 4.42 Å². The van der Waals surface area contributed by atoms with E-state index in [0.29, 0.717) is 16.8 Å². The second-order valence-electron chi connectivity index (χ2n) is 17.6. The molecule has 6 heteroatoms. The van der Waals surface area contributed by atoms with Gasteiger partial charge in [-0.1, -0.05) is 158 Å². The molecular formula is C62H32N4OS. The molecule has 15 rings (SSSR count). The van der Waals surface area contributed by atoms with Crippen LogP contribution in [0.25, 0.3) is 146 Å². The Morgan fingerprint density at radius 1 is 0.456 bits per heavy atom. The van der Waals surface area contributed by atoms with Crippen LogP contribution in [0.3, 0.4) is 0 Å². The topological polar surface area (TPSA) is 51.1 Å². The Labute approximate surface area is 391 Å². The summed E-state index contributed by atoms with van der Waals surface area (Å²) in [6.07, 6.45) is 0. The molecule has 0 aliphatic carbocycles. The predicted octanol–water partition coefficient (Wildman–Crippen LogP) is 17.6. The minimum Gasteiger partial charge on any atom is -0.456 e. The van der Waals surface area contributed by atoms with Gasteiger partial charge in [0.15, 0.2) is 0 Å². The van der Waals surface area contributed by atoms with Crippen molar-refractivity contribution in [2.45, 2.75) is 0 Å². The van der Waals surface area contributed by atoms with Crippen molar-refractivity contribution in [3.63, 3.8) is 0 Å². The van der Waals surface area contributed by atoms with Gasteiger partial charge in [0.2, 0.25) is 5.69 Å². The van der Waals surface area contributed by atoms with Crippen LogP contribution in [-0.4, -0.2) is 9.13 Å². The summed E-state index contributed by atoms with van der Waals surface area (Å²) in [5, 5.41) is 25.5. The maximum Gasteiger partial charge on any atom is 0.220 e. The van der Waals surface area contributed by atoms with Gasteiger partial charge in [0.25, 0.3) is 0 Å². The lowest BCUT2D eigenvalue weighted by Gasteiger charge is -2.26. The van der Waals surface area contributed by atoms with E-state index in [4.69, 9.17) is 4.42 Å². The molecule has 11 aromatic carbocycles. The van der Waals surface area contributed by atoms with Crippen LogP contribution in [-0.2, 0) is 0 Å². The molecule has 5 nitrogen and oxygen atoms in total. The first kappa shape index (κ1) is 37.1. The number of nitrogens with zero attached hydrogens (tertiary/aromatic N) is 4. The Bertz CT molecular complexity index is 4660. The Balaban J connectivity index is 1.25. The molecule has 0 saturated carbocycles. The molecule has 0 amide bonds. The number of fused-ring (bicyclic) bond motifs is 13. The summed E-state index contributed by atoms with van der Waals surface area (Å²) in [6.45, 7) is 9.34. The van der Waals surface area contributed by atoms with E-state index in [0.717, 1.165) is 114 Å². The molecule has 0 saturated heterocycles. The third kappa shape index (κ3) is 4.76. The van der Waals surface area contributed by atoms with E-state index >= 15 is 0 Å². The van der Waals surface area contributed by atoms with Gasteiger partial charge in [-0.05, 0) is 69.1 Å². The van der Waals surface area contributed by atoms with E-state index in [1.54, 1.807) is 11.3 Å². The SMILES string of the molecule is [C-]#[N+]c1c(-c2ccccc2)c(C#N)c(-n2c3cc4c(cc3c3ccc5c6ccccc6sc5c32)oc2ccccc24)c(-c2ccccc2)c1-n1c2cccc3c4ccccc4c4cccc1c4c32. The monoisotopic (exact) mass is 880 g/mol. The van der Waals surface area contributed by atoms with Gasteiger partial charge in [0, 0.05) is 58.9 Å². The standard InChI is InChI=1S/C62H32N4OS/c1-64-58-54(35-16-4-2-5-17-35)47(34-63)59(55(36-18-6-3-7-19-36)61(58)65-48-26-14-24-41-37-20-8-9-21-38(37)42-25-15-27-49(65)57(42)56(41)48)66-50-32-46-39-22-10-12-28-51(39)67-52(46)33-45(50)43-30-31-44-40-23-11-13-29-53(40)68-62(44)60(43)66/h2-33H. The highest BCUT2D eigenvalue weighted by Crippen LogP contribution is 2.55. The van der Waals surface area contributed by atoms with Crippen molar-refractivity contribution in [3.05, 3.63) is 211 Å². The van der Waals surface area contributed by atoms with E-state index in [-0.39, 0.29) is 0 Å². The van der Waals surface area contributed by atoms with Gasteiger partial charge in [-0.3, -0.25) is 0 Å². The first-order valence-electron chi connectivity index (χ1n) is 22.7. The van der Waals surface area contributed by atoms with Crippen LogP contribution in [0.15, 0.2) is 199 Å². The minimum absolute atomic E-state index is 0.415. The molecule has 0 spiro atoms.